The predicted octanol–water partition coefficient (Wildman–Crippen LogP) is 1.13. The van der Waals surface area contributed by atoms with E-state index < -0.39 is 30.5 Å². The zero-order valence-electron chi connectivity index (χ0n) is 15.4. The molecule has 0 saturated heterocycles. The number of hydrogen-bond acceptors (Lipinski definition) is 7. The Morgan fingerprint density at radius 2 is 1.93 bits per heavy atom. The largest absolute Gasteiger partial charge is 0.467 e. The molecule has 144 valence electrons. The first kappa shape index (κ1) is 20.1. The lowest BCUT2D eigenvalue weighted by Gasteiger charge is -2.21. The summed E-state index contributed by atoms with van der Waals surface area (Å²) in [6.07, 6.45) is 3.62. The van der Waals surface area contributed by atoms with Crippen LogP contribution < -0.4 is 5.32 Å². The van der Waals surface area contributed by atoms with E-state index in [0.29, 0.717) is 6.42 Å². The summed E-state index contributed by atoms with van der Waals surface area (Å²) in [5, 5.41) is 6.53. The minimum Gasteiger partial charge on any atom is -0.467 e. The lowest BCUT2D eigenvalue weighted by Crippen LogP contribution is -2.47. The summed E-state index contributed by atoms with van der Waals surface area (Å²) in [6.45, 7) is 3.23. The number of amides is 1. The van der Waals surface area contributed by atoms with E-state index in [1.165, 1.54) is 19.8 Å². The van der Waals surface area contributed by atoms with Crippen LogP contribution in [-0.4, -0.2) is 52.4 Å². The van der Waals surface area contributed by atoms with Crippen LogP contribution in [0.1, 0.15) is 30.6 Å². The Bertz CT molecular complexity index is 774. The molecule has 0 aliphatic heterocycles. The van der Waals surface area contributed by atoms with Gasteiger partial charge in [0.2, 0.25) is 0 Å². The fourth-order valence-electron chi connectivity index (χ4n) is 2.32. The number of ether oxygens (including phenoxy) is 2. The van der Waals surface area contributed by atoms with Gasteiger partial charge in [0, 0.05) is 0 Å². The molecular weight excluding hydrogens is 352 g/mol. The average Bonchev–Trinajstić information content (AvgIpc) is 3.24. The number of hydrogen-bond donors (Lipinski definition) is 1. The normalized spacial score (nSPS) is 12.7. The van der Waals surface area contributed by atoms with Gasteiger partial charge in [-0.1, -0.05) is 20.3 Å². The number of nitrogens with zero attached hydrogens (tertiary/aromatic N) is 3. The molecule has 9 heteroatoms. The van der Waals surface area contributed by atoms with E-state index in [-0.39, 0.29) is 11.5 Å². The van der Waals surface area contributed by atoms with Gasteiger partial charge < -0.3 is 14.8 Å². The number of rotatable bonds is 8. The molecule has 0 bridgehead atoms. The molecule has 2 atom stereocenters. The Morgan fingerprint density at radius 1 is 1.22 bits per heavy atom. The fraction of sp³-hybridized carbons (Fsp3) is 0.389. The van der Waals surface area contributed by atoms with Crippen molar-refractivity contribution in [1.29, 1.82) is 0 Å². The Labute approximate surface area is 156 Å². The third-order valence-corrected chi connectivity index (χ3v) is 4.11. The Balaban J connectivity index is 1.90. The highest BCUT2D eigenvalue weighted by Gasteiger charge is 2.27. The van der Waals surface area contributed by atoms with Crippen LogP contribution in [0.15, 0.2) is 36.9 Å². The number of carbonyl (C=O) groups excluding carboxylic acids is 3. The molecule has 1 aromatic heterocycles. The van der Waals surface area contributed by atoms with E-state index in [0.717, 1.165) is 5.69 Å². The fourth-order valence-corrected chi connectivity index (χ4v) is 2.32. The van der Waals surface area contributed by atoms with Crippen molar-refractivity contribution in [1.82, 2.24) is 20.1 Å². The first-order valence-corrected chi connectivity index (χ1v) is 8.45. The lowest BCUT2D eigenvalue weighted by molar-refractivity contribution is -0.147. The van der Waals surface area contributed by atoms with Crippen LogP contribution >= 0.6 is 0 Å². The molecule has 2 rings (SSSR count). The van der Waals surface area contributed by atoms with Crippen LogP contribution in [-0.2, 0) is 19.1 Å². The average molecular weight is 374 g/mol. The summed E-state index contributed by atoms with van der Waals surface area (Å²) in [7, 11) is 1.26. The van der Waals surface area contributed by atoms with Gasteiger partial charge in [0.15, 0.2) is 6.61 Å². The maximum Gasteiger partial charge on any atom is 0.338 e. The summed E-state index contributed by atoms with van der Waals surface area (Å²) in [5.41, 5.74) is 1.02. The number of methoxy groups -OCH3 is 1. The molecule has 0 aliphatic carbocycles. The summed E-state index contributed by atoms with van der Waals surface area (Å²) in [4.78, 5) is 39.7. The van der Waals surface area contributed by atoms with Crippen molar-refractivity contribution in [2.45, 2.75) is 26.3 Å². The van der Waals surface area contributed by atoms with Gasteiger partial charge in [0.1, 0.15) is 18.7 Å². The first-order chi connectivity index (χ1) is 13.0. The molecule has 1 heterocycles. The Kier molecular flexibility index (Phi) is 7.04. The van der Waals surface area contributed by atoms with E-state index in [4.69, 9.17) is 9.47 Å². The second-order valence-corrected chi connectivity index (χ2v) is 5.92. The number of nitrogens with one attached hydrogen (secondary N) is 1. The smallest absolute Gasteiger partial charge is 0.338 e. The Hall–Kier alpha value is -3.23. The van der Waals surface area contributed by atoms with Crippen LogP contribution in [0.5, 0.6) is 0 Å². The minimum atomic E-state index is -0.784. The highest BCUT2D eigenvalue weighted by molar-refractivity contribution is 5.92. The van der Waals surface area contributed by atoms with Crippen LogP contribution in [0.4, 0.5) is 0 Å². The van der Waals surface area contributed by atoms with Gasteiger partial charge in [-0.2, -0.15) is 5.10 Å². The van der Waals surface area contributed by atoms with Gasteiger partial charge in [-0.15, -0.1) is 0 Å². The molecule has 27 heavy (non-hydrogen) atoms. The van der Waals surface area contributed by atoms with Gasteiger partial charge in [0.05, 0.1) is 18.4 Å². The van der Waals surface area contributed by atoms with Crippen molar-refractivity contribution < 1.29 is 23.9 Å². The second-order valence-electron chi connectivity index (χ2n) is 5.92. The van der Waals surface area contributed by atoms with Gasteiger partial charge in [-0.3, -0.25) is 4.79 Å². The molecule has 1 aromatic carbocycles. The van der Waals surface area contributed by atoms with Gasteiger partial charge in [-0.25, -0.2) is 19.3 Å². The zero-order valence-corrected chi connectivity index (χ0v) is 15.4. The number of aromatic nitrogens is 3. The molecule has 1 N–H and O–H groups in total. The van der Waals surface area contributed by atoms with Crippen molar-refractivity contribution in [3.05, 3.63) is 42.5 Å². The van der Waals surface area contributed by atoms with E-state index in [9.17, 15) is 14.4 Å². The molecule has 0 aliphatic rings. The van der Waals surface area contributed by atoms with Crippen LogP contribution in [0, 0.1) is 5.92 Å². The summed E-state index contributed by atoms with van der Waals surface area (Å²) in [6, 6.07) is 5.71. The lowest BCUT2D eigenvalue weighted by atomic mass is 9.99. The highest BCUT2D eigenvalue weighted by Crippen LogP contribution is 2.10. The maximum atomic E-state index is 12.1. The second kappa shape index (κ2) is 9.46. The Morgan fingerprint density at radius 3 is 2.48 bits per heavy atom. The molecule has 0 unspecified atom stereocenters. The van der Waals surface area contributed by atoms with Crippen LogP contribution in [0.25, 0.3) is 5.69 Å². The van der Waals surface area contributed by atoms with Crippen molar-refractivity contribution in [3.8, 4) is 5.69 Å². The molecule has 0 spiro atoms. The molecule has 0 radical (unpaired) electrons. The monoisotopic (exact) mass is 374 g/mol. The van der Waals surface area contributed by atoms with E-state index in [1.807, 2.05) is 13.8 Å². The number of esters is 2. The molecule has 2 aromatic rings. The summed E-state index contributed by atoms with van der Waals surface area (Å²) in [5.74, 6) is -1.86. The first-order valence-electron chi connectivity index (χ1n) is 8.45. The number of benzene rings is 1. The van der Waals surface area contributed by atoms with Crippen LogP contribution in [0.2, 0.25) is 0 Å². The van der Waals surface area contributed by atoms with Gasteiger partial charge >= 0.3 is 11.9 Å². The molecule has 0 fully saturated rings. The quantitative estimate of drug-likeness (QED) is 0.689. The van der Waals surface area contributed by atoms with Crippen molar-refractivity contribution in [2.75, 3.05) is 13.7 Å². The summed E-state index contributed by atoms with van der Waals surface area (Å²) >= 11 is 0. The van der Waals surface area contributed by atoms with Crippen molar-refractivity contribution in [3.63, 3.8) is 0 Å². The third-order valence-electron chi connectivity index (χ3n) is 4.11. The van der Waals surface area contributed by atoms with E-state index in [1.54, 1.807) is 28.9 Å². The van der Waals surface area contributed by atoms with E-state index >= 15 is 0 Å². The number of carbonyl (C=O) groups is 3. The minimum absolute atomic E-state index is 0.110. The predicted molar refractivity (Wildman–Crippen MR) is 95.0 cm³/mol. The SMILES string of the molecule is CC[C@H](C)[C@@H](NC(=O)COC(=O)c1ccc(-n2cncn2)cc1)C(=O)OC. The topological polar surface area (TPSA) is 112 Å². The van der Waals surface area contributed by atoms with Crippen molar-refractivity contribution >= 4 is 17.8 Å². The van der Waals surface area contributed by atoms with Crippen LogP contribution in [0.3, 0.4) is 0 Å². The maximum absolute atomic E-state index is 12.1. The van der Waals surface area contributed by atoms with Gasteiger partial charge in [-0.05, 0) is 30.2 Å². The molecule has 0 saturated carbocycles. The zero-order chi connectivity index (χ0) is 19.8. The van der Waals surface area contributed by atoms with E-state index in [2.05, 4.69) is 15.4 Å². The highest BCUT2D eigenvalue weighted by atomic mass is 16.5. The standard InChI is InChI=1S/C18H22N4O5/c1-4-12(2)16(18(25)26-3)21-15(23)9-27-17(24)13-5-7-14(8-6-13)22-11-19-10-20-22/h5-8,10-12,16H,4,9H2,1-3H3,(H,21,23)/t12-,16+/m0/s1. The van der Waals surface area contributed by atoms with Crippen molar-refractivity contribution in [2.24, 2.45) is 5.92 Å². The molecule has 9 nitrogen and oxygen atoms in total. The molecular formula is C18H22N4O5. The summed E-state index contributed by atoms with van der Waals surface area (Å²) < 4.78 is 11.3. The third kappa shape index (κ3) is 5.37. The van der Waals surface area contributed by atoms with Gasteiger partial charge in [0.25, 0.3) is 5.91 Å². The molecule has 1 amide bonds.